The minimum Gasteiger partial charge on any atom is -0.309 e. The van der Waals surface area contributed by atoms with Crippen LogP contribution in [0, 0.1) is 0 Å². The second-order valence-electron chi connectivity index (χ2n) is 12.9. The number of para-hydroxylation sites is 1. The zero-order valence-electron chi connectivity index (χ0n) is 26.8. The molecule has 1 heteroatoms. The van der Waals surface area contributed by atoms with Gasteiger partial charge in [-0.15, -0.1) is 0 Å². The van der Waals surface area contributed by atoms with Crippen LogP contribution in [0.2, 0.25) is 0 Å². The summed E-state index contributed by atoms with van der Waals surface area (Å²) < 4.78 is 2.47. The third kappa shape index (κ3) is 4.47. The first-order valence-electron chi connectivity index (χ1n) is 16.9. The summed E-state index contributed by atoms with van der Waals surface area (Å²) in [6.45, 7) is 0. The molecule has 0 unspecified atom stereocenters. The molecule has 1 aromatic heterocycles. The van der Waals surface area contributed by atoms with Crippen LogP contribution in [-0.2, 0) is 0 Å². The van der Waals surface area contributed by atoms with Crippen molar-refractivity contribution in [1.82, 2.24) is 4.57 Å². The van der Waals surface area contributed by atoms with Gasteiger partial charge in [-0.2, -0.15) is 0 Å². The van der Waals surface area contributed by atoms with E-state index >= 15 is 0 Å². The van der Waals surface area contributed by atoms with Gasteiger partial charge in [-0.1, -0.05) is 146 Å². The summed E-state index contributed by atoms with van der Waals surface area (Å²) in [4.78, 5) is 0. The van der Waals surface area contributed by atoms with Crippen LogP contribution < -0.4 is 0 Å². The van der Waals surface area contributed by atoms with E-state index < -0.39 is 0 Å². The van der Waals surface area contributed by atoms with Gasteiger partial charge in [0.25, 0.3) is 0 Å². The molecule has 0 amide bonds. The Kier molecular flexibility index (Phi) is 6.25. The summed E-state index contributed by atoms with van der Waals surface area (Å²) in [6.07, 6.45) is 0. The lowest BCUT2D eigenvalue weighted by Gasteiger charge is -2.15. The number of aromatic nitrogens is 1. The molecule has 0 aliphatic carbocycles. The molecule has 228 valence electrons. The Morgan fingerprint density at radius 2 is 0.694 bits per heavy atom. The summed E-state index contributed by atoms with van der Waals surface area (Å²) in [5.74, 6) is 0. The van der Waals surface area contributed by atoms with E-state index in [2.05, 4.69) is 193 Å². The van der Waals surface area contributed by atoms with Crippen molar-refractivity contribution in [1.29, 1.82) is 0 Å². The molecule has 0 bridgehead atoms. The fourth-order valence-electron chi connectivity index (χ4n) is 7.84. The van der Waals surface area contributed by atoms with Crippen molar-refractivity contribution >= 4 is 54.1 Å². The van der Waals surface area contributed by atoms with E-state index in [9.17, 15) is 0 Å². The van der Waals surface area contributed by atoms with Crippen LogP contribution in [0.3, 0.4) is 0 Å². The summed E-state index contributed by atoms with van der Waals surface area (Å²) in [5, 5.41) is 10.2. The quantitative estimate of drug-likeness (QED) is 0.172. The molecule has 1 nitrogen and oxygen atoms in total. The lowest BCUT2D eigenvalue weighted by atomic mass is 9.91. The van der Waals surface area contributed by atoms with Crippen LogP contribution in [-0.4, -0.2) is 4.57 Å². The molecule has 0 aliphatic rings. The van der Waals surface area contributed by atoms with E-state index in [1.165, 1.54) is 87.5 Å². The largest absolute Gasteiger partial charge is 0.309 e. The molecule has 0 radical (unpaired) electrons. The van der Waals surface area contributed by atoms with E-state index in [0.717, 1.165) is 5.69 Å². The average Bonchev–Trinajstić information content (AvgIpc) is 3.51. The summed E-state index contributed by atoms with van der Waals surface area (Å²) in [6, 6.07) is 68.8. The molecule has 1 heterocycles. The predicted octanol–water partition coefficient (Wildman–Crippen LogP) is 13.2. The maximum absolute atomic E-state index is 2.47. The van der Waals surface area contributed by atoms with Crippen molar-refractivity contribution in [3.05, 3.63) is 188 Å². The molecular formula is C48H31N. The number of hydrogen-bond acceptors (Lipinski definition) is 0. The molecule has 10 rings (SSSR count). The Morgan fingerprint density at radius 1 is 0.224 bits per heavy atom. The standard InChI is InChI=1S/C48H31N/c1-4-14-32(15-5-1)35-24-25-41-43(29-35)39-20-10-11-21-40(39)45-31-48-46(30-44(41)45)42-22-12-13-23-47(42)49(48)38-27-36(33-16-6-2-7-17-33)26-37(28-38)34-18-8-3-9-19-34/h1-31H. The third-order valence-electron chi connectivity index (χ3n) is 10.1. The zero-order valence-corrected chi connectivity index (χ0v) is 26.8. The summed E-state index contributed by atoms with van der Waals surface area (Å²) in [5.41, 5.74) is 10.9. The van der Waals surface area contributed by atoms with Gasteiger partial charge in [0.1, 0.15) is 0 Å². The van der Waals surface area contributed by atoms with Gasteiger partial charge in [0.05, 0.1) is 11.0 Å². The van der Waals surface area contributed by atoms with Gasteiger partial charge in [0, 0.05) is 16.5 Å². The molecule has 0 atom stereocenters. The predicted molar refractivity (Wildman–Crippen MR) is 210 cm³/mol. The molecule has 49 heavy (non-hydrogen) atoms. The normalized spacial score (nSPS) is 11.7. The van der Waals surface area contributed by atoms with Crippen LogP contribution >= 0.6 is 0 Å². The molecule has 0 N–H and O–H groups in total. The Labute approximate surface area is 284 Å². The third-order valence-corrected chi connectivity index (χ3v) is 10.1. The van der Waals surface area contributed by atoms with Crippen LogP contribution in [0.5, 0.6) is 0 Å². The first kappa shape index (κ1) is 27.7. The molecule has 0 spiro atoms. The minimum atomic E-state index is 1.16. The Morgan fingerprint density at radius 3 is 1.31 bits per heavy atom. The van der Waals surface area contributed by atoms with Gasteiger partial charge in [-0.3, -0.25) is 0 Å². The smallest absolute Gasteiger partial charge is 0.0547 e. The van der Waals surface area contributed by atoms with Crippen LogP contribution in [0.4, 0.5) is 0 Å². The highest BCUT2D eigenvalue weighted by Crippen LogP contribution is 2.42. The van der Waals surface area contributed by atoms with Gasteiger partial charge in [-0.25, -0.2) is 0 Å². The average molecular weight is 622 g/mol. The number of rotatable bonds is 4. The lowest BCUT2D eigenvalue weighted by Crippen LogP contribution is -1.96. The second kappa shape index (κ2) is 11.1. The van der Waals surface area contributed by atoms with E-state index in [1.807, 2.05) is 0 Å². The Bertz CT molecular complexity index is 2790. The summed E-state index contributed by atoms with van der Waals surface area (Å²) >= 11 is 0. The number of benzene rings is 9. The molecule has 9 aromatic carbocycles. The van der Waals surface area contributed by atoms with Crippen molar-refractivity contribution in [2.24, 2.45) is 0 Å². The van der Waals surface area contributed by atoms with Crippen molar-refractivity contribution in [2.45, 2.75) is 0 Å². The molecule has 10 aromatic rings. The Balaban J connectivity index is 1.30. The molecular weight excluding hydrogens is 591 g/mol. The van der Waals surface area contributed by atoms with Crippen molar-refractivity contribution in [3.63, 3.8) is 0 Å². The van der Waals surface area contributed by atoms with Crippen LogP contribution in [0.25, 0.3) is 93.2 Å². The molecule has 0 saturated heterocycles. The maximum Gasteiger partial charge on any atom is 0.0547 e. The molecule has 0 aliphatic heterocycles. The van der Waals surface area contributed by atoms with E-state index in [0.29, 0.717) is 0 Å². The fourth-order valence-corrected chi connectivity index (χ4v) is 7.84. The fraction of sp³-hybridized carbons (Fsp3) is 0. The lowest BCUT2D eigenvalue weighted by molar-refractivity contribution is 1.18. The van der Waals surface area contributed by atoms with Crippen LogP contribution in [0.1, 0.15) is 0 Å². The number of fused-ring (bicyclic) bond motifs is 9. The molecule has 0 saturated carbocycles. The second-order valence-corrected chi connectivity index (χ2v) is 12.9. The van der Waals surface area contributed by atoms with Crippen LogP contribution in [0.15, 0.2) is 188 Å². The highest BCUT2D eigenvalue weighted by atomic mass is 15.0. The highest BCUT2D eigenvalue weighted by molar-refractivity contribution is 6.29. The minimum absolute atomic E-state index is 1.16. The highest BCUT2D eigenvalue weighted by Gasteiger charge is 2.18. The van der Waals surface area contributed by atoms with E-state index in [4.69, 9.17) is 0 Å². The van der Waals surface area contributed by atoms with E-state index in [1.54, 1.807) is 0 Å². The first-order chi connectivity index (χ1) is 24.3. The Hall–Kier alpha value is -6.44. The van der Waals surface area contributed by atoms with Gasteiger partial charge in [0.15, 0.2) is 0 Å². The van der Waals surface area contributed by atoms with E-state index in [-0.39, 0.29) is 0 Å². The maximum atomic E-state index is 2.47. The first-order valence-corrected chi connectivity index (χ1v) is 16.9. The van der Waals surface area contributed by atoms with Crippen molar-refractivity contribution < 1.29 is 0 Å². The SMILES string of the molecule is c1ccc(-c2cc(-c3ccccc3)cc(-n3c4ccccc4c4cc5c6ccc(-c7ccccc7)cc6c6ccccc6c5cc43)c2)cc1. The van der Waals surface area contributed by atoms with Gasteiger partial charge in [0.2, 0.25) is 0 Å². The number of hydrogen-bond donors (Lipinski definition) is 0. The van der Waals surface area contributed by atoms with Gasteiger partial charge < -0.3 is 4.57 Å². The van der Waals surface area contributed by atoms with Crippen molar-refractivity contribution in [3.8, 4) is 39.1 Å². The zero-order chi connectivity index (χ0) is 32.3. The van der Waals surface area contributed by atoms with Gasteiger partial charge >= 0.3 is 0 Å². The van der Waals surface area contributed by atoms with Gasteiger partial charge in [-0.05, 0) is 108 Å². The number of nitrogens with zero attached hydrogens (tertiary/aromatic N) is 1. The summed E-state index contributed by atoms with van der Waals surface area (Å²) in [7, 11) is 0. The monoisotopic (exact) mass is 621 g/mol. The molecule has 0 fully saturated rings. The topological polar surface area (TPSA) is 4.93 Å². The van der Waals surface area contributed by atoms with Crippen molar-refractivity contribution in [2.75, 3.05) is 0 Å².